The zero-order valence-electron chi connectivity index (χ0n) is 18.3. The molecule has 0 aliphatic heterocycles. The van der Waals surface area contributed by atoms with Crippen molar-refractivity contribution >= 4 is 11.0 Å². The normalized spacial score (nSPS) is 17.9. The van der Waals surface area contributed by atoms with E-state index in [2.05, 4.69) is 78.9 Å². The first-order valence-corrected chi connectivity index (χ1v) is 11.0. The number of imidazole rings is 1. The van der Waals surface area contributed by atoms with Gasteiger partial charge in [0, 0.05) is 0 Å². The summed E-state index contributed by atoms with van der Waals surface area (Å²) in [4.78, 5) is 3.61. The molecule has 1 aliphatic carbocycles. The van der Waals surface area contributed by atoms with Crippen molar-refractivity contribution in [1.82, 2.24) is 4.98 Å². The maximum Gasteiger partial charge on any atom is 0.258 e. The molecule has 0 spiro atoms. The average molecular weight is 406 g/mol. The zero-order chi connectivity index (χ0) is 21.1. The molecule has 1 aromatic heterocycles. The van der Waals surface area contributed by atoms with Crippen LogP contribution in [0.15, 0.2) is 60.7 Å². The van der Waals surface area contributed by atoms with E-state index < -0.39 is 6.10 Å². The van der Waals surface area contributed by atoms with Gasteiger partial charge in [0.2, 0.25) is 0 Å². The lowest BCUT2D eigenvalue weighted by Gasteiger charge is -2.19. The largest absolute Gasteiger partial charge is 0.491 e. The van der Waals surface area contributed by atoms with Crippen LogP contribution in [0, 0.1) is 0 Å². The number of aromatic nitrogens is 2. The molecule has 2 unspecified atom stereocenters. The first-order valence-electron chi connectivity index (χ1n) is 11.0. The Balaban J connectivity index is 1.47. The lowest BCUT2D eigenvalue weighted by Crippen LogP contribution is -2.45. The van der Waals surface area contributed by atoms with Gasteiger partial charge in [-0.2, -0.15) is 0 Å². The average Bonchev–Trinajstić information content (AvgIpc) is 3.11. The van der Waals surface area contributed by atoms with Crippen LogP contribution in [0.2, 0.25) is 0 Å². The fraction of sp³-hybridized carbons (Fsp3) is 0.423. The number of allylic oxidation sites excluding steroid dienone is 2. The number of para-hydroxylation sites is 2. The van der Waals surface area contributed by atoms with Crippen molar-refractivity contribution in [2.24, 2.45) is 0 Å². The van der Waals surface area contributed by atoms with E-state index in [1.807, 2.05) is 12.1 Å². The summed E-state index contributed by atoms with van der Waals surface area (Å²) in [6.45, 7) is 7.38. The van der Waals surface area contributed by atoms with Crippen LogP contribution in [-0.2, 0) is 12.0 Å². The number of benzene rings is 2. The number of rotatable bonds is 6. The fourth-order valence-electron chi connectivity index (χ4n) is 4.22. The highest BCUT2D eigenvalue weighted by molar-refractivity contribution is 5.71. The number of ether oxygens (including phenoxy) is 1. The summed E-state index contributed by atoms with van der Waals surface area (Å²) in [6, 6.07) is 16.5. The summed E-state index contributed by atoms with van der Waals surface area (Å²) in [7, 11) is 0. The van der Waals surface area contributed by atoms with Crippen molar-refractivity contribution in [3.8, 4) is 5.75 Å². The molecule has 2 atom stereocenters. The minimum atomic E-state index is -0.589. The first kappa shape index (κ1) is 20.7. The summed E-state index contributed by atoms with van der Waals surface area (Å²) in [5, 5.41) is 10.8. The Bertz CT molecular complexity index is 1010. The molecule has 0 bridgehead atoms. The van der Waals surface area contributed by atoms with Gasteiger partial charge in [-0.25, -0.2) is 9.55 Å². The minimum absolute atomic E-state index is 0.120. The molecule has 2 aromatic carbocycles. The van der Waals surface area contributed by atoms with Gasteiger partial charge in [-0.3, -0.25) is 0 Å². The summed E-state index contributed by atoms with van der Waals surface area (Å²) in [5.41, 5.74) is 3.65. The third-order valence-corrected chi connectivity index (χ3v) is 5.96. The van der Waals surface area contributed by atoms with E-state index in [9.17, 15) is 5.11 Å². The molecule has 4 heteroatoms. The Morgan fingerprint density at radius 3 is 2.57 bits per heavy atom. The van der Waals surface area contributed by atoms with Gasteiger partial charge in [-0.05, 0) is 54.5 Å². The van der Waals surface area contributed by atoms with Crippen molar-refractivity contribution in [2.45, 2.75) is 64.0 Å². The van der Waals surface area contributed by atoms with Crippen LogP contribution in [0.4, 0.5) is 0 Å². The van der Waals surface area contributed by atoms with Gasteiger partial charge >= 0.3 is 0 Å². The summed E-state index contributed by atoms with van der Waals surface area (Å²) in [6.07, 6.45) is 7.22. The lowest BCUT2D eigenvalue weighted by molar-refractivity contribution is -0.687. The molecule has 0 radical (unpaired) electrons. The molecule has 0 saturated carbocycles. The van der Waals surface area contributed by atoms with Crippen molar-refractivity contribution in [3.63, 3.8) is 0 Å². The fourth-order valence-corrected chi connectivity index (χ4v) is 4.22. The van der Waals surface area contributed by atoms with Gasteiger partial charge in [0.05, 0.1) is 5.92 Å². The first-order chi connectivity index (χ1) is 14.4. The van der Waals surface area contributed by atoms with Crippen LogP contribution in [0.1, 0.15) is 57.3 Å². The second-order valence-corrected chi connectivity index (χ2v) is 9.36. The Labute approximate surface area is 179 Å². The van der Waals surface area contributed by atoms with Crippen molar-refractivity contribution in [1.29, 1.82) is 0 Å². The zero-order valence-corrected chi connectivity index (χ0v) is 18.3. The highest BCUT2D eigenvalue weighted by atomic mass is 16.5. The van der Waals surface area contributed by atoms with Crippen LogP contribution < -0.4 is 9.30 Å². The van der Waals surface area contributed by atoms with Crippen molar-refractivity contribution in [3.05, 3.63) is 72.1 Å². The number of H-pyrrole nitrogens is 1. The monoisotopic (exact) mass is 405 g/mol. The van der Waals surface area contributed by atoms with Crippen molar-refractivity contribution in [2.75, 3.05) is 6.61 Å². The van der Waals surface area contributed by atoms with E-state index in [1.165, 1.54) is 11.4 Å². The highest BCUT2D eigenvalue weighted by Gasteiger charge is 2.28. The van der Waals surface area contributed by atoms with Gasteiger partial charge in [-0.15, -0.1) is 0 Å². The van der Waals surface area contributed by atoms with E-state index in [0.717, 1.165) is 36.0 Å². The number of aromatic amines is 1. The molecule has 30 heavy (non-hydrogen) atoms. The van der Waals surface area contributed by atoms with E-state index >= 15 is 0 Å². The SMILES string of the molecule is CC(C)(C)c1ccc(OCC(O)C[n+]2c(C3CC=CCC3)[nH]c3ccccc32)cc1. The number of hydrogen-bond acceptors (Lipinski definition) is 2. The maximum atomic E-state index is 10.8. The molecule has 4 nitrogen and oxygen atoms in total. The summed E-state index contributed by atoms with van der Waals surface area (Å²) < 4.78 is 8.14. The second kappa shape index (κ2) is 8.65. The molecule has 1 aliphatic rings. The van der Waals surface area contributed by atoms with Crippen LogP contribution in [0.5, 0.6) is 5.75 Å². The summed E-state index contributed by atoms with van der Waals surface area (Å²) in [5.74, 6) is 2.46. The molecule has 1 heterocycles. The predicted molar refractivity (Wildman–Crippen MR) is 121 cm³/mol. The lowest BCUT2D eigenvalue weighted by atomic mass is 9.87. The van der Waals surface area contributed by atoms with Crippen LogP contribution in [0.3, 0.4) is 0 Å². The van der Waals surface area contributed by atoms with Crippen LogP contribution in [-0.4, -0.2) is 22.8 Å². The van der Waals surface area contributed by atoms with E-state index in [-0.39, 0.29) is 12.0 Å². The Hall–Kier alpha value is -2.59. The molecule has 0 amide bonds. The smallest absolute Gasteiger partial charge is 0.258 e. The maximum absolute atomic E-state index is 10.8. The van der Waals surface area contributed by atoms with Crippen molar-refractivity contribution < 1.29 is 14.4 Å². The molecule has 2 N–H and O–H groups in total. The standard InChI is InChI=1S/C26H32N2O2/c1-26(2,3)20-13-15-22(16-14-20)30-18-21(29)17-28-24-12-8-7-11-23(24)27-25(28)19-9-5-4-6-10-19/h4-5,7-8,11-16,19,21,29H,6,9-10,17-18H2,1-3H3/p+1. The number of nitrogens with zero attached hydrogens (tertiary/aromatic N) is 1. The number of hydrogen-bond donors (Lipinski definition) is 2. The second-order valence-electron chi connectivity index (χ2n) is 9.36. The molecule has 158 valence electrons. The molecular weight excluding hydrogens is 372 g/mol. The molecule has 4 rings (SSSR count). The molecule has 3 aromatic rings. The molecular formula is C26H33N2O2+. The Morgan fingerprint density at radius 1 is 1.10 bits per heavy atom. The molecule has 0 saturated heterocycles. The van der Waals surface area contributed by atoms with E-state index in [0.29, 0.717) is 12.5 Å². The van der Waals surface area contributed by atoms with E-state index in [1.54, 1.807) is 0 Å². The Kier molecular flexibility index (Phi) is 5.96. The number of aliphatic hydroxyl groups excluding tert-OH is 1. The van der Waals surface area contributed by atoms with Gasteiger partial charge in [0.15, 0.2) is 11.0 Å². The third kappa shape index (κ3) is 4.59. The number of aliphatic hydroxyl groups is 1. The minimum Gasteiger partial charge on any atom is -0.491 e. The van der Waals surface area contributed by atoms with E-state index in [4.69, 9.17) is 4.74 Å². The Morgan fingerprint density at radius 2 is 1.87 bits per heavy atom. The van der Waals surface area contributed by atoms with Gasteiger partial charge in [-0.1, -0.05) is 57.2 Å². The molecule has 0 fully saturated rings. The van der Waals surface area contributed by atoms with Gasteiger partial charge in [0.1, 0.15) is 25.0 Å². The van der Waals surface area contributed by atoms with Crippen LogP contribution in [0.25, 0.3) is 11.0 Å². The predicted octanol–water partition coefficient (Wildman–Crippen LogP) is 5.02. The number of fused-ring (bicyclic) bond motifs is 1. The topological polar surface area (TPSA) is 49.1 Å². The van der Waals surface area contributed by atoms with Gasteiger partial charge < -0.3 is 9.84 Å². The van der Waals surface area contributed by atoms with Gasteiger partial charge in [0.25, 0.3) is 5.82 Å². The number of nitrogens with one attached hydrogen (secondary N) is 1. The summed E-state index contributed by atoms with van der Waals surface area (Å²) >= 11 is 0. The third-order valence-electron chi connectivity index (χ3n) is 5.96. The van der Waals surface area contributed by atoms with Crippen LogP contribution >= 0.6 is 0 Å². The highest BCUT2D eigenvalue weighted by Crippen LogP contribution is 2.28. The quantitative estimate of drug-likeness (QED) is 0.447.